The van der Waals surface area contributed by atoms with Crippen molar-refractivity contribution in [2.75, 3.05) is 20.3 Å². The molecule has 7 nitrogen and oxygen atoms in total. The Morgan fingerprint density at radius 3 is 2.69 bits per heavy atom. The summed E-state index contributed by atoms with van der Waals surface area (Å²) in [5, 5.41) is 14.5. The van der Waals surface area contributed by atoms with E-state index >= 15 is 0 Å². The Kier molecular flexibility index (Phi) is 6.25. The molecule has 0 unspecified atom stereocenters. The molecule has 0 aliphatic carbocycles. The Morgan fingerprint density at radius 1 is 1.20 bits per heavy atom. The number of aliphatic hydroxyl groups is 1. The van der Waals surface area contributed by atoms with Crippen molar-refractivity contribution >= 4 is 11.9 Å². The van der Waals surface area contributed by atoms with Gasteiger partial charge in [-0.1, -0.05) is 11.2 Å². The van der Waals surface area contributed by atoms with E-state index in [-0.39, 0.29) is 6.61 Å². The van der Waals surface area contributed by atoms with Gasteiger partial charge in [0.25, 0.3) is 0 Å². The number of hydrogen-bond acceptors (Lipinski definition) is 6. The highest BCUT2D eigenvalue weighted by Crippen LogP contribution is 2.35. The Hall–Kier alpha value is -3.72. The molecule has 3 heterocycles. The molecule has 2 aromatic carbocycles. The largest absolute Gasteiger partial charge is 0.495 e. The van der Waals surface area contributed by atoms with Crippen molar-refractivity contribution in [2.24, 2.45) is 5.16 Å². The summed E-state index contributed by atoms with van der Waals surface area (Å²) in [6, 6.07) is 8.63. The summed E-state index contributed by atoms with van der Waals surface area (Å²) >= 11 is 0. The number of hydrogen-bond donors (Lipinski definition) is 1. The number of methoxy groups -OCH3 is 1. The molecule has 2 aliphatic rings. The number of oxime groups is 1. The minimum absolute atomic E-state index is 0.248. The lowest BCUT2D eigenvalue weighted by Gasteiger charge is -2.43. The molecular weight excluding hydrogens is 454 g/mol. The van der Waals surface area contributed by atoms with Gasteiger partial charge in [-0.3, -0.25) is 0 Å². The number of rotatable bonds is 5. The third kappa shape index (κ3) is 4.51. The summed E-state index contributed by atoms with van der Waals surface area (Å²) in [5.41, 5.74) is 3.97. The van der Waals surface area contributed by atoms with E-state index in [4.69, 9.17) is 9.57 Å². The van der Waals surface area contributed by atoms with Crippen molar-refractivity contribution in [3.05, 3.63) is 83.0 Å². The van der Waals surface area contributed by atoms with Gasteiger partial charge in [0.05, 0.1) is 37.5 Å². The Morgan fingerprint density at radius 2 is 2.00 bits per heavy atom. The maximum atomic E-state index is 13.8. The lowest BCUT2D eigenvalue weighted by molar-refractivity contribution is -0.0395. The van der Waals surface area contributed by atoms with Crippen LogP contribution >= 0.6 is 0 Å². The number of fused-ring (bicyclic) bond motifs is 1. The number of ether oxygens (including phenoxy) is 1. The second-order valence-corrected chi connectivity index (χ2v) is 8.71. The minimum atomic E-state index is -0.786. The fourth-order valence-corrected chi connectivity index (χ4v) is 4.72. The van der Waals surface area contributed by atoms with Crippen LogP contribution in [0.1, 0.15) is 35.8 Å². The van der Waals surface area contributed by atoms with Crippen LogP contribution in [0.5, 0.6) is 5.75 Å². The van der Waals surface area contributed by atoms with Crippen molar-refractivity contribution < 1.29 is 23.5 Å². The monoisotopic (exact) mass is 480 g/mol. The highest BCUT2D eigenvalue weighted by atomic mass is 19.1. The first-order valence-corrected chi connectivity index (χ1v) is 11.4. The minimum Gasteiger partial charge on any atom is -0.495 e. The summed E-state index contributed by atoms with van der Waals surface area (Å²) < 4.78 is 35.2. The van der Waals surface area contributed by atoms with E-state index in [1.165, 1.54) is 12.1 Å². The van der Waals surface area contributed by atoms with Gasteiger partial charge in [-0.05, 0) is 61.2 Å². The summed E-state index contributed by atoms with van der Waals surface area (Å²) in [4.78, 5) is 12.0. The second kappa shape index (κ2) is 9.50. The fourth-order valence-electron chi connectivity index (χ4n) is 4.72. The summed E-state index contributed by atoms with van der Waals surface area (Å²) in [6.45, 7) is 2.34. The van der Waals surface area contributed by atoms with Crippen LogP contribution < -0.4 is 4.74 Å². The van der Waals surface area contributed by atoms with E-state index in [0.29, 0.717) is 23.7 Å². The van der Waals surface area contributed by atoms with E-state index in [1.54, 1.807) is 13.4 Å². The summed E-state index contributed by atoms with van der Waals surface area (Å²) in [6.07, 6.45) is 6.53. The van der Waals surface area contributed by atoms with Gasteiger partial charge in [0.15, 0.2) is 11.9 Å². The molecule has 0 bridgehead atoms. The third-order valence-electron chi connectivity index (χ3n) is 6.34. The van der Waals surface area contributed by atoms with Crippen molar-refractivity contribution in [3.63, 3.8) is 0 Å². The molecule has 1 N–H and O–H groups in total. The van der Waals surface area contributed by atoms with Crippen LogP contribution in [0.3, 0.4) is 0 Å². The smallest absolute Gasteiger partial charge is 0.175 e. The molecule has 1 fully saturated rings. The molecule has 1 saturated heterocycles. The zero-order valence-electron chi connectivity index (χ0n) is 19.5. The van der Waals surface area contributed by atoms with Gasteiger partial charge in [-0.2, -0.15) is 0 Å². The second-order valence-electron chi connectivity index (χ2n) is 8.71. The Labute approximate surface area is 201 Å². The van der Waals surface area contributed by atoms with Gasteiger partial charge in [0.1, 0.15) is 17.4 Å². The lowest BCUT2D eigenvalue weighted by atomic mass is 9.94. The van der Waals surface area contributed by atoms with Gasteiger partial charge in [-0.15, -0.1) is 0 Å². The first-order chi connectivity index (χ1) is 17.0. The molecule has 9 heteroatoms. The maximum absolute atomic E-state index is 13.8. The third-order valence-corrected chi connectivity index (χ3v) is 6.34. The molecule has 3 aromatic rings. The summed E-state index contributed by atoms with van der Waals surface area (Å²) in [7, 11) is 1.63. The molecule has 0 amide bonds. The number of halogens is 2. The number of aromatic nitrogens is 2. The molecule has 0 spiro atoms. The first-order valence-electron chi connectivity index (χ1n) is 11.4. The van der Waals surface area contributed by atoms with Crippen molar-refractivity contribution in [2.45, 2.75) is 31.9 Å². The number of piperidine rings is 1. The zero-order valence-corrected chi connectivity index (χ0v) is 19.5. The van der Waals surface area contributed by atoms with Crippen LogP contribution in [-0.4, -0.2) is 51.7 Å². The van der Waals surface area contributed by atoms with Crippen molar-refractivity contribution in [1.82, 2.24) is 14.5 Å². The predicted molar refractivity (Wildman–Crippen MR) is 127 cm³/mol. The average molecular weight is 481 g/mol. The molecule has 1 aromatic heterocycles. The van der Waals surface area contributed by atoms with Crippen LogP contribution in [0.25, 0.3) is 11.8 Å². The molecule has 35 heavy (non-hydrogen) atoms. The predicted octanol–water partition coefficient (Wildman–Crippen LogP) is 4.39. The van der Waals surface area contributed by atoms with Crippen LogP contribution in [-0.2, 0) is 4.84 Å². The molecule has 182 valence electrons. The van der Waals surface area contributed by atoms with Crippen LogP contribution in [0.2, 0.25) is 0 Å². The number of imidazole rings is 1. The Balaban J connectivity index is 1.47. The molecular formula is C26H26F2N4O3. The van der Waals surface area contributed by atoms with E-state index in [0.717, 1.165) is 41.4 Å². The van der Waals surface area contributed by atoms with E-state index in [1.807, 2.05) is 46.9 Å². The number of nitrogens with zero attached hydrogens (tertiary/aromatic N) is 4. The number of benzene rings is 2. The highest BCUT2D eigenvalue weighted by Gasteiger charge is 2.39. The molecule has 2 atom stereocenters. The van der Waals surface area contributed by atoms with E-state index < -0.39 is 23.8 Å². The molecule has 0 radical (unpaired) electrons. The number of aliphatic hydroxyl groups excluding tert-OH is 1. The number of amidine groups is 1. The molecule has 5 rings (SSSR count). The average Bonchev–Trinajstić information content (AvgIpc) is 3.28. The topological polar surface area (TPSA) is 72.1 Å². The molecule has 0 saturated carbocycles. The molecule has 2 aliphatic heterocycles. The van der Waals surface area contributed by atoms with Crippen LogP contribution in [0.4, 0.5) is 8.78 Å². The van der Waals surface area contributed by atoms with Gasteiger partial charge in [-0.25, -0.2) is 13.8 Å². The summed E-state index contributed by atoms with van der Waals surface area (Å²) in [5.74, 6) is -0.0699. The quantitative estimate of drug-likeness (QED) is 0.587. The van der Waals surface area contributed by atoms with E-state index in [2.05, 4.69) is 10.1 Å². The lowest BCUT2D eigenvalue weighted by Crippen LogP contribution is -2.52. The van der Waals surface area contributed by atoms with Gasteiger partial charge < -0.3 is 24.1 Å². The number of aryl methyl sites for hydroxylation is 1. The van der Waals surface area contributed by atoms with Crippen molar-refractivity contribution in [1.29, 1.82) is 0 Å². The fraction of sp³-hybridized carbons (Fsp3) is 0.308. The van der Waals surface area contributed by atoms with Gasteiger partial charge >= 0.3 is 0 Å². The highest BCUT2D eigenvalue weighted by molar-refractivity contribution is 6.03. The maximum Gasteiger partial charge on any atom is 0.175 e. The first kappa shape index (κ1) is 23.0. The zero-order chi connectivity index (χ0) is 24.5. The normalized spacial score (nSPS) is 20.9. The standard InChI is InChI=1S/C26H26F2N4O3/c1-16-13-31(15-29-16)22-6-5-17(9-24(22)34-2)8-18-4-3-7-32-23(14-33)25(35-30-26(18)32)19-10-20(27)12-21(28)11-19/h5-6,8-13,15,23,25,33H,3-4,7,14H2,1-2H3/b18-8+/t23-,25-/m1/s1. The Bertz CT molecular complexity index is 1280. The van der Waals surface area contributed by atoms with E-state index in [9.17, 15) is 13.9 Å². The van der Waals surface area contributed by atoms with Crippen LogP contribution in [0.15, 0.2) is 59.7 Å². The van der Waals surface area contributed by atoms with Gasteiger partial charge in [0, 0.05) is 24.4 Å². The SMILES string of the molecule is COc1cc(/C=C2\CCCN3C2=NO[C@H](c2cc(F)cc(F)c2)[C@H]3CO)ccc1-n1cnc(C)c1. The van der Waals surface area contributed by atoms with Crippen LogP contribution in [0, 0.1) is 18.6 Å². The van der Waals surface area contributed by atoms with Gasteiger partial charge in [0.2, 0.25) is 0 Å². The van der Waals surface area contributed by atoms with Crippen molar-refractivity contribution in [3.8, 4) is 11.4 Å².